The summed E-state index contributed by atoms with van der Waals surface area (Å²) in [6.07, 6.45) is 5.70. The highest BCUT2D eigenvalue weighted by Gasteiger charge is 2.07. The Morgan fingerprint density at radius 1 is 1.36 bits per heavy atom. The van der Waals surface area contributed by atoms with E-state index in [1.54, 1.807) is 12.7 Å². The molecular weight excluding hydrogens is 176 g/mol. The van der Waals surface area contributed by atoms with Gasteiger partial charge in [0.2, 0.25) is 0 Å². The van der Waals surface area contributed by atoms with E-state index in [-0.39, 0.29) is 0 Å². The van der Waals surface area contributed by atoms with Crippen LogP contribution in [-0.4, -0.2) is 27.4 Å². The smallest absolute Gasteiger partial charge is 0.137 e. The molecule has 0 saturated heterocycles. The predicted octanol–water partition coefficient (Wildman–Crippen LogP) is 1.62. The zero-order valence-corrected chi connectivity index (χ0v) is 9.27. The molecule has 1 N–H and O–H groups in total. The van der Waals surface area contributed by atoms with Gasteiger partial charge in [0.05, 0.1) is 6.04 Å². The number of nitrogens with one attached hydrogen (secondary N) is 1. The molecule has 0 spiro atoms. The molecule has 80 valence electrons. The Balaban J connectivity index is 2.31. The molecule has 1 atom stereocenters. The predicted molar refractivity (Wildman–Crippen MR) is 57.1 cm³/mol. The van der Waals surface area contributed by atoms with Crippen LogP contribution in [0, 0.1) is 0 Å². The van der Waals surface area contributed by atoms with Gasteiger partial charge < -0.3 is 5.32 Å². The van der Waals surface area contributed by atoms with Crippen molar-refractivity contribution in [2.24, 2.45) is 0 Å². The Kier molecular flexibility index (Phi) is 4.59. The van der Waals surface area contributed by atoms with E-state index in [0.29, 0.717) is 12.1 Å². The summed E-state index contributed by atoms with van der Waals surface area (Å²) in [5, 5.41) is 7.63. The minimum absolute atomic E-state index is 0.373. The Morgan fingerprint density at radius 2 is 2.07 bits per heavy atom. The van der Waals surface area contributed by atoms with E-state index in [1.165, 1.54) is 12.8 Å². The maximum atomic E-state index is 4.11. The monoisotopic (exact) mass is 196 g/mol. The van der Waals surface area contributed by atoms with Gasteiger partial charge in [0, 0.05) is 12.6 Å². The Bertz CT molecular complexity index is 228. The Labute approximate surface area is 85.7 Å². The first-order valence-electron chi connectivity index (χ1n) is 5.35. The highest BCUT2D eigenvalue weighted by atomic mass is 15.3. The number of rotatable bonds is 6. The Morgan fingerprint density at radius 3 is 2.57 bits per heavy atom. The van der Waals surface area contributed by atoms with Crippen LogP contribution in [0.3, 0.4) is 0 Å². The minimum Gasteiger partial charge on any atom is -0.312 e. The summed E-state index contributed by atoms with van der Waals surface area (Å²) in [5.41, 5.74) is 0. The number of aromatic nitrogens is 3. The lowest BCUT2D eigenvalue weighted by molar-refractivity contribution is 0.401. The molecule has 0 aromatic carbocycles. The molecule has 0 saturated carbocycles. The molecule has 14 heavy (non-hydrogen) atoms. The summed E-state index contributed by atoms with van der Waals surface area (Å²) in [7, 11) is 0. The topological polar surface area (TPSA) is 42.7 Å². The molecular formula is C10H20N4. The van der Waals surface area contributed by atoms with Crippen molar-refractivity contribution in [2.75, 3.05) is 6.54 Å². The van der Waals surface area contributed by atoms with E-state index in [1.807, 2.05) is 4.68 Å². The molecule has 1 rings (SSSR count). The highest BCUT2D eigenvalue weighted by Crippen LogP contribution is 2.02. The molecule has 4 heteroatoms. The molecule has 0 bridgehead atoms. The van der Waals surface area contributed by atoms with Crippen molar-refractivity contribution in [1.82, 2.24) is 20.1 Å². The van der Waals surface area contributed by atoms with Crippen molar-refractivity contribution in [1.29, 1.82) is 0 Å². The van der Waals surface area contributed by atoms with Gasteiger partial charge in [0.25, 0.3) is 0 Å². The van der Waals surface area contributed by atoms with Crippen molar-refractivity contribution >= 4 is 0 Å². The van der Waals surface area contributed by atoms with Gasteiger partial charge in [-0.2, -0.15) is 5.10 Å². The van der Waals surface area contributed by atoms with Crippen LogP contribution >= 0.6 is 0 Å². The third kappa shape index (κ3) is 3.10. The minimum atomic E-state index is 0.373. The van der Waals surface area contributed by atoms with Gasteiger partial charge in [-0.1, -0.05) is 13.8 Å². The van der Waals surface area contributed by atoms with Crippen LogP contribution in [0.2, 0.25) is 0 Å². The molecule has 0 fully saturated rings. The van der Waals surface area contributed by atoms with Gasteiger partial charge in [0.15, 0.2) is 0 Å². The van der Waals surface area contributed by atoms with Crippen molar-refractivity contribution in [3.63, 3.8) is 0 Å². The van der Waals surface area contributed by atoms with Crippen LogP contribution in [0.5, 0.6) is 0 Å². The summed E-state index contributed by atoms with van der Waals surface area (Å²) in [5.74, 6) is 0. The van der Waals surface area contributed by atoms with Gasteiger partial charge in [-0.05, 0) is 19.8 Å². The number of hydrogen-bond acceptors (Lipinski definition) is 3. The van der Waals surface area contributed by atoms with Gasteiger partial charge >= 0.3 is 0 Å². The molecule has 0 radical (unpaired) electrons. The first-order chi connectivity index (χ1) is 6.77. The first-order valence-corrected chi connectivity index (χ1v) is 5.35. The molecule has 0 aliphatic carbocycles. The van der Waals surface area contributed by atoms with Crippen molar-refractivity contribution in [2.45, 2.75) is 45.7 Å². The highest BCUT2D eigenvalue weighted by molar-refractivity contribution is 4.70. The largest absolute Gasteiger partial charge is 0.312 e. The fourth-order valence-electron chi connectivity index (χ4n) is 1.45. The molecule has 1 aromatic heterocycles. The third-order valence-corrected chi connectivity index (χ3v) is 2.58. The summed E-state index contributed by atoms with van der Waals surface area (Å²) in [6.45, 7) is 7.52. The average molecular weight is 196 g/mol. The second-order valence-corrected chi connectivity index (χ2v) is 3.65. The summed E-state index contributed by atoms with van der Waals surface area (Å²) in [6, 6.07) is 0.999. The quantitative estimate of drug-likeness (QED) is 0.751. The molecule has 1 unspecified atom stereocenters. The maximum absolute atomic E-state index is 4.11. The van der Waals surface area contributed by atoms with Crippen LogP contribution in [0.4, 0.5) is 0 Å². The number of nitrogens with zero attached hydrogens (tertiary/aromatic N) is 3. The molecule has 0 aliphatic rings. The third-order valence-electron chi connectivity index (χ3n) is 2.58. The summed E-state index contributed by atoms with van der Waals surface area (Å²) < 4.78 is 1.88. The van der Waals surface area contributed by atoms with Gasteiger partial charge in [-0.3, -0.25) is 0 Å². The van der Waals surface area contributed by atoms with Crippen LogP contribution in [0.25, 0.3) is 0 Å². The van der Waals surface area contributed by atoms with Crippen LogP contribution in [-0.2, 0) is 0 Å². The van der Waals surface area contributed by atoms with Crippen LogP contribution in [0.1, 0.15) is 39.7 Å². The normalized spacial score (nSPS) is 13.4. The standard InChI is InChI=1S/C10H20N4/c1-4-10(5-2)12-6-9(3)14-8-11-7-13-14/h7-10,12H,4-6H2,1-3H3. The van der Waals surface area contributed by atoms with E-state index < -0.39 is 0 Å². The van der Waals surface area contributed by atoms with Crippen molar-refractivity contribution in [3.05, 3.63) is 12.7 Å². The lowest BCUT2D eigenvalue weighted by Crippen LogP contribution is -2.32. The van der Waals surface area contributed by atoms with Crippen molar-refractivity contribution < 1.29 is 0 Å². The lowest BCUT2D eigenvalue weighted by atomic mass is 10.1. The number of hydrogen-bond donors (Lipinski definition) is 1. The van der Waals surface area contributed by atoms with E-state index >= 15 is 0 Å². The second-order valence-electron chi connectivity index (χ2n) is 3.65. The first kappa shape index (κ1) is 11.2. The maximum Gasteiger partial charge on any atom is 0.137 e. The van der Waals surface area contributed by atoms with Crippen molar-refractivity contribution in [3.8, 4) is 0 Å². The molecule has 1 aromatic rings. The van der Waals surface area contributed by atoms with Gasteiger partial charge in [0.1, 0.15) is 12.7 Å². The summed E-state index contributed by atoms with van der Waals surface area (Å²) >= 11 is 0. The van der Waals surface area contributed by atoms with E-state index in [9.17, 15) is 0 Å². The zero-order chi connectivity index (χ0) is 10.4. The lowest BCUT2D eigenvalue weighted by Gasteiger charge is -2.18. The Hall–Kier alpha value is -0.900. The van der Waals surface area contributed by atoms with Gasteiger partial charge in [-0.25, -0.2) is 9.67 Å². The SMILES string of the molecule is CCC(CC)NCC(C)n1cncn1. The van der Waals surface area contributed by atoms with Gasteiger partial charge in [-0.15, -0.1) is 0 Å². The molecule has 0 amide bonds. The fourth-order valence-corrected chi connectivity index (χ4v) is 1.45. The van der Waals surface area contributed by atoms with E-state index in [4.69, 9.17) is 0 Å². The summed E-state index contributed by atoms with van der Waals surface area (Å²) in [4.78, 5) is 3.93. The van der Waals surface area contributed by atoms with E-state index in [2.05, 4.69) is 36.2 Å². The van der Waals surface area contributed by atoms with Crippen LogP contribution in [0.15, 0.2) is 12.7 Å². The fraction of sp³-hybridized carbons (Fsp3) is 0.800. The second kappa shape index (κ2) is 5.75. The molecule has 4 nitrogen and oxygen atoms in total. The van der Waals surface area contributed by atoms with E-state index in [0.717, 1.165) is 6.54 Å². The molecule has 0 aliphatic heterocycles. The zero-order valence-electron chi connectivity index (χ0n) is 9.27. The average Bonchev–Trinajstić information content (AvgIpc) is 2.72. The molecule has 1 heterocycles. The van der Waals surface area contributed by atoms with Crippen LogP contribution < -0.4 is 5.32 Å².